The minimum atomic E-state index is 0.0281. The van der Waals surface area contributed by atoms with Crippen molar-refractivity contribution in [2.75, 3.05) is 37.4 Å². The molecule has 1 aromatic rings. The van der Waals surface area contributed by atoms with Gasteiger partial charge in [0.1, 0.15) is 0 Å². The SMILES string of the molecule is CC(C)N(C)c1cccc(NC(=O)N2CC[C@H]3CC[C@@H](C2)N3C)c1. The molecular weight excluding hydrogens is 300 g/mol. The van der Waals surface area contributed by atoms with Crippen LogP contribution in [0.15, 0.2) is 24.3 Å². The maximum atomic E-state index is 12.7. The van der Waals surface area contributed by atoms with Crippen molar-refractivity contribution in [3.8, 4) is 0 Å². The maximum absolute atomic E-state index is 12.7. The number of benzene rings is 1. The van der Waals surface area contributed by atoms with E-state index in [9.17, 15) is 4.79 Å². The second-order valence-electron chi connectivity index (χ2n) is 7.47. The number of anilines is 2. The van der Waals surface area contributed by atoms with Crippen LogP contribution in [0, 0.1) is 0 Å². The molecule has 24 heavy (non-hydrogen) atoms. The van der Waals surface area contributed by atoms with E-state index in [1.54, 1.807) is 0 Å². The highest BCUT2D eigenvalue weighted by molar-refractivity contribution is 5.90. The van der Waals surface area contributed by atoms with Crippen molar-refractivity contribution in [1.82, 2.24) is 9.80 Å². The van der Waals surface area contributed by atoms with Gasteiger partial charge in [-0.3, -0.25) is 4.90 Å². The first-order valence-electron chi connectivity index (χ1n) is 9.06. The Labute approximate surface area is 145 Å². The summed E-state index contributed by atoms with van der Waals surface area (Å²) in [6.45, 7) is 6.01. The fraction of sp³-hybridized carbons (Fsp3) is 0.632. The van der Waals surface area contributed by atoms with Crippen LogP contribution in [0.1, 0.15) is 33.1 Å². The third-order valence-corrected chi connectivity index (χ3v) is 5.71. The van der Waals surface area contributed by atoms with Crippen LogP contribution in [-0.2, 0) is 0 Å². The van der Waals surface area contributed by atoms with Crippen LogP contribution in [0.25, 0.3) is 0 Å². The van der Waals surface area contributed by atoms with Gasteiger partial charge in [0.25, 0.3) is 0 Å². The van der Waals surface area contributed by atoms with Crippen molar-refractivity contribution in [2.45, 2.75) is 51.2 Å². The van der Waals surface area contributed by atoms with E-state index < -0.39 is 0 Å². The molecule has 0 unspecified atom stereocenters. The number of hydrogen-bond acceptors (Lipinski definition) is 3. The van der Waals surface area contributed by atoms with Gasteiger partial charge in [-0.05, 0) is 58.4 Å². The highest BCUT2D eigenvalue weighted by atomic mass is 16.2. The topological polar surface area (TPSA) is 38.8 Å². The highest BCUT2D eigenvalue weighted by Gasteiger charge is 2.35. The maximum Gasteiger partial charge on any atom is 0.321 e. The molecule has 2 fully saturated rings. The summed E-state index contributed by atoms with van der Waals surface area (Å²) in [5.41, 5.74) is 1.99. The first-order chi connectivity index (χ1) is 11.5. The Bertz CT molecular complexity index is 588. The van der Waals surface area contributed by atoms with Crippen LogP contribution in [0.4, 0.5) is 16.2 Å². The van der Waals surface area contributed by atoms with Crippen molar-refractivity contribution in [3.63, 3.8) is 0 Å². The van der Waals surface area contributed by atoms with Gasteiger partial charge in [0.2, 0.25) is 0 Å². The van der Waals surface area contributed by atoms with E-state index in [4.69, 9.17) is 0 Å². The van der Waals surface area contributed by atoms with E-state index in [1.807, 2.05) is 23.1 Å². The average molecular weight is 330 g/mol. The largest absolute Gasteiger partial charge is 0.372 e. The predicted molar refractivity (Wildman–Crippen MR) is 99.8 cm³/mol. The molecule has 2 saturated heterocycles. The van der Waals surface area contributed by atoms with Gasteiger partial charge in [0, 0.05) is 49.6 Å². The summed E-state index contributed by atoms with van der Waals surface area (Å²) < 4.78 is 0. The van der Waals surface area contributed by atoms with E-state index in [1.165, 1.54) is 12.8 Å². The summed E-state index contributed by atoms with van der Waals surface area (Å²) in [6, 6.07) is 9.71. The van der Waals surface area contributed by atoms with Crippen molar-refractivity contribution < 1.29 is 4.79 Å². The van der Waals surface area contributed by atoms with Gasteiger partial charge in [-0.1, -0.05) is 6.07 Å². The van der Waals surface area contributed by atoms with E-state index in [-0.39, 0.29) is 6.03 Å². The molecule has 2 aliphatic rings. The number of likely N-dealkylation sites (tertiary alicyclic amines) is 1. The second kappa shape index (κ2) is 7.01. The van der Waals surface area contributed by atoms with Gasteiger partial charge in [0.05, 0.1) is 0 Å². The molecule has 0 aromatic heterocycles. The molecule has 0 aliphatic carbocycles. The van der Waals surface area contributed by atoms with Crippen LogP contribution in [0.5, 0.6) is 0 Å². The first-order valence-corrected chi connectivity index (χ1v) is 9.06. The summed E-state index contributed by atoms with van der Waals surface area (Å²) in [7, 11) is 4.28. The van der Waals surface area contributed by atoms with Crippen LogP contribution in [-0.4, -0.2) is 61.1 Å². The van der Waals surface area contributed by atoms with Crippen LogP contribution in [0.2, 0.25) is 0 Å². The summed E-state index contributed by atoms with van der Waals surface area (Å²) >= 11 is 0. The average Bonchev–Trinajstić information content (AvgIpc) is 2.79. The van der Waals surface area contributed by atoms with Gasteiger partial charge >= 0.3 is 6.03 Å². The third-order valence-electron chi connectivity index (χ3n) is 5.71. The standard InChI is InChI=1S/C19H30N4O/c1-14(2)21(3)17-7-5-6-15(12-17)20-19(24)23-11-10-16-8-9-18(13-23)22(16)4/h5-7,12,14,16,18H,8-11,13H2,1-4H3,(H,20,24)/t16-,18+/m1/s1. The molecule has 0 spiro atoms. The van der Waals surface area contributed by atoms with Gasteiger partial charge < -0.3 is 15.1 Å². The quantitative estimate of drug-likeness (QED) is 0.925. The summed E-state index contributed by atoms with van der Waals surface area (Å²) in [4.78, 5) is 19.4. The minimum Gasteiger partial charge on any atom is -0.372 e. The molecule has 2 amide bonds. The first kappa shape index (κ1) is 17.1. The molecular formula is C19H30N4O. The Kier molecular flexibility index (Phi) is 4.99. The van der Waals surface area contributed by atoms with E-state index in [0.717, 1.165) is 30.9 Å². The lowest BCUT2D eigenvalue weighted by Gasteiger charge is -2.27. The van der Waals surface area contributed by atoms with Crippen molar-refractivity contribution in [1.29, 1.82) is 0 Å². The fourth-order valence-corrected chi connectivity index (χ4v) is 3.80. The monoisotopic (exact) mass is 330 g/mol. The van der Waals surface area contributed by atoms with Gasteiger partial charge in [-0.2, -0.15) is 0 Å². The van der Waals surface area contributed by atoms with Crippen LogP contribution >= 0.6 is 0 Å². The number of carbonyl (C=O) groups excluding carboxylic acids is 1. The number of rotatable bonds is 3. The third kappa shape index (κ3) is 3.51. The molecule has 132 valence electrons. The Balaban J connectivity index is 1.66. The summed E-state index contributed by atoms with van der Waals surface area (Å²) in [6.07, 6.45) is 3.57. The zero-order valence-corrected chi connectivity index (χ0v) is 15.3. The predicted octanol–water partition coefficient (Wildman–Crippen LogP) is 3.23. The number of likely N-dealkylation sites (N-methyl/N-ethyl adjacent to an activating group) is 1. The lowest BCUT2D eigenvalue weighted by atomic mass is 10.1. The number of nitrogens with zero attached hydrogens (tertiary/aromatic N) is 3. The van der Waals surface area contributed by atoms with E-state index >= 15 is 0 Å². The second-order valence-corrected chi connectivity index (χ2v) is 7.47. The van der Waals surface area contributed by atoms with Gasteiger partial charge in [-0.15, -0.1) is 0 Å². The van der Waals surface area contributed by atoms with Gasteiger partial charge in [-0.25, -0.2) is 4.79 Å². The van der Waals surface area contributed by atoms with Gasteiger partial charge in [0.15, 0.2) is 0 Å². The lowest BCUT2D eigenvalue weighted by molar-refractivity contribution is 0.200. The minimum absolute atomic E-state index is 0.0281. The Morgan fingerprint density at radius 3 is 2.75 bits per heavy atom. The molecule has 5 nitrogen and oxygen atoms in total. The molecule has 0 saturated carbocycles. The van der Waals surface area contributed by atoms with Crippen LogP contribution < -0.4 is 10.2 Å². The molecule has 3 rings (SSSR count). The molecule has 1 N–H and O–H groups in total. The zero-order chi connectivity index (χ0) is 17.3. The molecule has 2 heterocycles. The molecule has 1 aromatic carbocycles. The van der Waals surface area contributed by atoms with Crippen molar-refractivity contribution in [3.05, 3.63) is 24.3 Å². The Morgan fingerprint density at radius 2 is 2.00 bits per heavy atom. The number of nitrogens with one attached hydrogen (secondary N) is 1. The summed E-state index contributed by atoms with van der Waals surface area (Å²) in [5, 5.41) is 3.09. The summed E-state index contributed by atoms with van der Waals surface area (Å²) in [5.74, 6) is 0. The van der Waals surface area contributed by atoms with E-state index in [2.05, 4.69) is 49.1 Å². The Hall–Kier alpha value is -1.75. The molecule has 2 aliphatic heterocycles. The zero-order valence-electron chi connectivity index (χ0n) is 15.3. The van der Waals surface area contributed by atoms with E-state index in [0.29, 0.717) is 18.1 Å². The Morgan fingerprint density at radius 1 is 1.25 bits per heavy atom. The van der Waals surface area contributed by atoms with Crippen molar-refractivity contribution >= 4 is 17.4 Å². The number of urea groups is 1. The molecule has 2 bridgehead atoms. The molecule has 5 heteroatoms. The smallest absolute Gasteiger partial charge is 0.321 e. The molecule has 2 atom stereocenters. The number of carbonyl (C=O) groups is 1. The number of hydrogen-bond donors (Lipinski definition) is 1. The van der Waals surface area contributed by atoms with Crippen molar-refractivity contribution in [2.24, 2.45) is 0 Å². The molecule has 0 radical (unpaired) electrons. The number of amides is 2. The number of fused-ring (bicyclic) bond motifs is 2. The van der Waals surface area contributed by atoms with Crippen LogP contribution in [0.3, 0.4) is 0 Å². The lowest BCUT2D eigenvalue weighted by Crippen LogP contribution is -2.41. The fourth-order valence-electron chi connectivity index (χ4n) is 3.80. The normalized spacial score (nSPS) is 24.1. The highest BCUT2D eigenvalue weighted by Crippen LogP contribution is 2.29.